The lowest BCUT2D eigenvalue weighted by molar-refractivity contribution is -0.166. The maximum atomic E-state index is 12.3. The Hall–Kier alpha value is -1.20. The van der Waals surface area contributed by atoms with Crippen LogP contribution in [0.3, 0.4) is 0 Å². The fourth-order valence-electron chi connectivity index (χ4n) is 5.50. The molecule has 0 saturated heterocycles. The van der Waals surface area contributed by atoms with E-state index in [2.05, 4.69) is 13.8 Å². The Morgan fingerprint density at radius 2 is 2.08 bits per heavy atom. The molecule has 3 aliphatic rings. The van der Waals surface area contributed by atoms with Gasteiger partial charge in [-0.15, -0.1) is 0 Å². The van der Waals surface area contributed by atoms with E-state index in [0.29, 0.717) is 23.4 Å². The number of esters is 1. The van der Waals surface area contributed by atoms with Crippen LogP contribution >= 0.6 is 0 Å². The maximum Gasteiger partial charge on any atom is 0.347 e. The number of carbonyl (C=O) groups excluding carboxylic acids is 2. The van der Waals surface area contributed by atoms with Crippen molar-refractivity contribution in [3.8, 4) is 0 Å². The lowest BCUT2D eigenvalue weighted by atomic mass is 9.62. The molecular weight excluding hydrogens is 332 g/mol. The first-order chi connectivity index (χ1) is 12.3. The van der Waals surface area contributed by atoms with Crippen LogP contribution in [0, 0.1) is 23.2 Å². The summed E-state index contributed by atoms with van der Waals surface area (Å²) in [5, 5.41) is 0. The molecule has 3 rings (SSSR count). The van der Waals surface area contributed by atoms with Crippen molar-refractivity contribution >= 4 is 11.8 Å². The highest BCUT2D eigenvalue weighted by Crippen LogP contribution is 2.57. The number of carbonyl (C=O) groups is 2. The van der Waals surface area contributed by atoms with Gasteiger partial charge in [-0.3, -0.25) is 4.79 Å². The average Bonchev–Trinajstić information content (AvgIpc) is 3.09. The van der Waals surface area contributed by atoms with Gasteiger partial charge in [0, 0.05) is 25.9 Å². The number of allylic oxidation sites excluding steroid dienone is 1. The van der Waals surface area contributed by atoms with Crippen molar-refractivity contribution in [1.29, 1.82) is 0 Å². The van der Waals surface area contributed by atoms with Gasteiger partial charge < -0.3 is 14.2 Å². The third-order valence-electron chi connectivity index (χ3n) is 7.01. The van der Waals surface area contributed by atoms with Gasteiger partial charge in [-0.05, 0) is 62.4 Å². The number of rotatable bonds is 7. The molecule has 2 saturated carbocycles. The van der Waals surface area contributed by atoms with E-state index in [1.165, 1.54) is 13.5 Å². The summed E-state index contributed by atoms with van der Waals surface area (Å²) in [6.07, 6.45) is 8.62. The van der Waals surface area contributed by atoms with E-state index in [-0.39, 0.29) is 24.1 Å². The molecule has 146 valence electrons. The highest BCUT2D eigenvalue weighted by atomic mass is 16.7. The molecule has 2 aliphatic carbocycles. The van der Waals surface area contributed by atoms with Crippen LogP contribution < -0.4 is 0 Å². The molecule has 26 heavy (non-hydrogen) atoms. The largest absolute Gasteiger partial charge is 0.429 e. The quantitative estimate of drug-likeness (QED) is 0.504. The van der Waals surface area contributed by atoms with Gasteiger partial charge in [0.1, 0.15) is 18.3 Å². The lowest BCUT2D eigenvalue weighted by Crippen LogP contribution is -2.39. The molecule has 5 nitrogen and oxygen atoms in total. The summed E-state index contributed by atoms with van der Waals surface area (Å²) in [6, 6.07) is 0. The molecule has 0 N–H and O–H groups in total. The molecule has 0 aromatic rings. The molecule has 0 radical (unpaired) electrons. The summed E-state index contributed by atoms with van der Waals surface area (Å²) in [7, 11) is 1.53. The Labute approximate surface area is 156 Å². The van der Waals surface area contributed by atoms with Crippen molar-refractivity contribution in [2.45, 2.75) is 71.3 Å². The zero-order valence-corrected chi connectivity index (χ0v) is 16.5. The lowest BCUT2D eigenvalue weighted by Gasteiger charge is -2.42. The molecule has 0 spiro atoms. The summed E-state index contributed by atoms with van der Waals surface area (Å²) in [5.41, 5.74) is -0.889. The molecule has 1 aliphatic heterocycles. The molecule has 0 aromatic carbocycles. The van der Waals surface area contributed by atoms with Gasteiger partial charge in [0.25, 0.3) is 0 Å². The fourth-order valence-corrected chi connectivity index (χ4v) is 5.50. The summed E-state index contributed by atoms with van der Waals surface area (Å²) in [6.45, 7) is 6.38. The third kappa shape index (κ3) is 3.48. The van der Waals surface area contributed by atoms with Gasteiger partial charge in [0.15, 0.2) is 5.60 Å². The summed E-state index contributed by atoms with van der Waals surface area (Å²) in [5.74, 6) is 2.14. The van der Waals surface area contributed by atoms with E-state index in [4.69, 9.17) is 14.2 Å². The van der Waals surface area contributed by atoms with Gasteiger partial charge in [0.05, 0.1) is 0 Å². The smallest absolute Gasteiger partial charge is 0.347 e. The van der Waals surface area contributed by atoms with E-state index < -0.39 is 5.60 Å². The SMILES string of the molecule is COCO[C@]1(C)C=C(CC[C@@H](C)[C@H]2CCC3C(=O)CCC[C@@]32C)OC1=O. The van der Waals surface area contributed by atoms with E-state index in [1.807, 2.05) is 0 Å². The third-order valence-corrected chi connectivity index (χ3v) is 7.01. The summed E-state index contributed by atoms with van der Waals surface area (Å²) in [4.78, 5) is 24.4. The monoisotopic (exact) mass is 364 g/mol. The molecule has 0 aromatic heterocycles. The van der Waals surface area contributed by atoms with E-state index in [1.54, 1.807) is 13.0 Å². The van der Waals surface area contributed by atoms with Crippen LogP contribution in [0.25, 0.3) is 0 Å². The number of hydrogen-bond acceptors (Lipinski definition) is 5. The van der Waals surface area contributed by atoms with Crippen molar-refractivity contribution in [3.05, 3.63) is 11.8 Å². The van der Waals surface area contributed by atoms with Crippen LogP contribution in [0.4, 0.5) is 0 Å². The number of fused-ring (bicyclic) bond motifs is 1. The van der Waals surface area contributed by atoms with Gasteiger partial charge in [0.2, 0.25) is 0 Å². The highest BCUT2D eigenvalue weighted by molar-refractivity contribution is 5.85. The number of ketones is 1. The van der Waals surface area contributed by atoms with Crippen molar-refractivity contribution in [3.63, 3.8) is 0 Å². The van der Waals surface area contributed by atoms with Crippen LogP contribution in [0.2, 0.25) is 0 Å². The first-order valence-electron chi connectivity index (χ1n) is 9.90. The van der Waals surface area contributed by atoms with Crippen molar-refractivity contribution < 1.29 is 23.8 Å². The van der Waals surface area contributed by atoms with Crippen molar-refractivity contribution in [2.24, 2.45) is 23.2 Å². The second kappa shape index (κ2) is 7.43. The first-order valence-corrected chi connectivity index (χ1v) is 9.90. The summed E-state index contributed by atoms with van der Waals surface area (Å²) >= 11 is 0. The Morgan fingerprint density at radius 3 is 2.81 bits per heavy atom. The molecular formula is C21H32O5. The molecule has 5 atom stereocenters. The van der Waals surface area contributed by atoms with E-state index in [9.17, 15) is 9.59 Å². The second-order valence-corrected chi connectivity index (χ2v) is 8.74. The Morgan fingerprint density at radius 1 is 1.31 bits per heavy atom. The minimum atomic E-state index is -1.05. The zero-order chi connectivity index (χ0) is 18.9. The Kier molecular flexibility index (Phi) is 5.59. The van der Waals surface area contributed by atoms with Gasteiger partial charge >= 0.3 is 5.97 Å². The number of ether oxygens (including phenoxy) is 3. The minimum absolute atomic E-state index is 0.0572. The minimum Gasteiger partial charge on any atom is -0.429 e. The van der Waals surface area contributed by atoms with Crippen molar-refractivity contribution in [1.82, 2.24) is 0 Å². The van der Waals surface area contributed by atoms with Gasteiger partial charge in [-0.2, -0.15) is 0 Å². The molecule has 5 heteroatoms. The number of cyclic esters (lactones) is 1. The van der Waals surface area contributed by atoms with Crippen LogP contribution in [0.1, 0.15) is 65.7 Å². The average molecular weight is 364 g/mol. The zero-order valence-electron chi connectivity index (χ0n) is 16.5. The van der Waals surface area contributed by atoms with Crippen LogP contribution in [-0.4, -0.2) is 31.3 Å². The fraction of sp³-hybridized carbons (Fsp3) is 0.810. The number of Topliss-reactive ketones (excluding diaryl/α,β-unsaturated/α-hetero) is 1. The highest BCUT2D eigenvalue weighted by Gasteiger charge is 2.52. The van der Waals surface area contributed by atoms with Crippen LogP contribution in [-0.2, 0) is 23.8 Å². The number of hydrogen-bond donors (Lipinski definition) is 0. The van der Waals surface area contributed by atoms with Gasteiger partial charge in [-0.1, -0.05) is 13.8 Å². The standard InChI is InChI=1S/C21H32O5/c1-14(16-9-10-17-18(22)6-5-11-20(16,17)2)7-8-15-12-21(3,19(23)26-15)25-13-24-4/h12,14,16-17H,5-11,13H2,1-4H3/t14-,16-,17?,20-,21-/m1/s1. The molecule has 2 fully saturated rings. The predicted octanol–water partition coefficient (Wildman–Crippen LogP) is 4.01. The van der Waals surface area contributed by atoms with Gasteiger partial charge in [-0.25, -0.2) is 4.79 Å². The van der Waals surface area contributed by atoms with Crippen molar-refractivity contribution in [2.75, 3.05) is 13.9 Å². The molecule has 1 heterocycles. The normalized spacial score (nSPS) is 38.1. The Bertz CT molecular complexity index is 597. The second-order valence-electron chi connectivity index (χ2n) is 8.74. The topological polar surface area (TPSA) is 61.8 Å². The molecule has 0 amide bonds. The summed E-state index contributed by atoms with van der Waals surface area (Å²) < 4.78 is 15.8. The number of methoxy groups -OCH3 is 1. The van der Waals surface area contributed by atoms with Crippen LogP contribution in [0.5, 0.6) is 0 Å². The Balaban J connectivity index is 1.59. The van der Waals surface area contributed by atoms with E-state index >= 15 is 0 Å². The maximum absolute atomic E-state index is 12.3. The first kappa shape index (κ1) is 19.6. The predicted molar refractivity (Wildman–Crippen MR) is 97.1 cm³/mol. The van der Waals surface area contributed by atoms with Crippen LogP contribution in [0.15, 0.2) is 11.8 Å². The molecule has 1 unspecified atom stereocenters. The molecule has 0 bridgehead atoms. The van der Waals surface area contributed by atoms with E-state index in [0.717, 1.165) is 38.5 Å².